The minimum atomic E-state index is -4.77. The molecule has 4 amide bonds. The number of halogens is 7. The molecule has 2 aliphatic carbocycles. The number of hydrogen-bond donors (Lipinski definition) is 2. The van der Waals surface area contributed by atoms with Gasteiger partial charge in [-0.2, -0.15) is 18.2 Å². The Kier molecular flexibility index (Phi) is 9.57. The summed E-state index contributed by atoms with van der Waals surface area (Å²) in [5.41, 5.74) is 1.33. The molecule has 0 bridgehead atoms. The number of alkyl halides is 3. The van der Waals surface area contributed by atoms with Crippen molar-refractivity contribution in [2.24, 2.45) is 23.7 Å². The molecule has 0 radical (unpaired) electrons. The fourth-order valence-electron chi connectivity index (χ4n) is 8.92. The number of methoxy groups -OCH3 is 1. The summed E-state index contributed by atoms with van der Waals surface area (Å²) in [5, 5.41) is 11.2. The van der Waals surface area contributed by atoms with Gasteiger partial charge in [-0.3, -0.25) is 29.5 Å². The molecule has 1 saturated carbocycles. The third-order valence-electron chi connectivity index (χ3n) is 11.2. The number of hydrazine groups is 1. The molecule has 0 spiro atoms. The lowest BCUT2D eigenvalue weighted by atomic mass is 9.49. The second kappa shape index (κ2) is 13.9. The van der Waals surface area contributed by atoms with Crippen molar-refractivity contribution in [3.8, 4) is 11.5 Å². The van der Waals surface area contributed by atoms with E-state index in [2.05, 4.69) is 33.0 Å². The Labute approximate surface area is 345 Å². The number of imide groups is 2. The third-order valence-corrected chi connectivity index (χ3v) is 12.8. The van der Waals surface area contributed by atoms with Gasteiger partial charge >= 0.3 is 6.18 Å². The first kappa shape index (κ1) is 38.5. The number of phenols is 1. The van der Waals surface area contributed by atoms with E-state index in [1.165, 1.54) is 24.1 Å². The number of fused-ring (bicyclic) bond motifs is 4. The van der Waals surface area contributed by atoms with E-state index in [1.807, 2.05) is 6.08 Å². The number of carbonyl (C=O) groups excluding carboxylic acids is 4. The molecule has 288 valence electrons. The molecule has 10 nitrogen and oxygen atoms in total. The highest BCUT2D eigenvalue weighted by Crippen LogP contribution is 2.65. The molecule has 2 aliphatic heterocycles. The average molecular weight is 938 g/mol. The highest BCUT2D eigenvalue weighted by atomic mass is 127. The van der Waals surface area contributed by atoms with Crippen LogP contribution in [0.3, 0.4) is 0 Å². The zero-order chi connectivity index (χ0) is 40.0. The molecule has 3 fully saturated rings. The first-order valence-electron chi connectivity index (χ1n) is 17.1. The quantitative estimate of drug-likeness (QED) is 0.112. The molecule has 4 aromatic rings. The number of rotatable bonds is 6. The Morgan fingerprint density at radius 2 is 1.62 bits per heavy atom. The van der Waals surface area contributed by atoms with Gasteiger partial charge in [0.2, 0.25) is 11.8 Å². The maximum Gasteiger partial charge on any atom is 0.417 e. The van der Waals surface area contributed by atoms with Crippen molar-refractivity contribution in [1.29, 1.82) is 0 Å². The van der Waals surface area contributed by atoms with E-state index in [0.29, 0.717) is 44.7 Å². The van der Waals surface area contributed by atoms with Crippen LogP contribution < -0.4 is 15.1 Å². The van der Waals surface area contributed by atoms with E-state index < -0.39 is 81.2 Å². The number of allylic oxidation sites excluding steroid dienone is 2. The van der Waals surface area contributed by atoms with Crippen LogP contribution in [0.4, 0.5) is 24.7 Å². The molecular weight excluding hydrogens is 911 g/mol. The van der Waals surface area contributed by atoms with Crippen LogP contribution in [-0.2, 0) is 30.8 Å². The summed E-state index contributed by atoms with van der Waals surface area (Å²) in [6, 6.07) is 16.8. The van der Waals surface area contributed by atoms with E-state index in [-0.39, 0.29) is 29.4 Å². The number of phenolic OH excluding ortho intramolecular Hbond substituents is 1. The van der Waals surface area contributed by atoms with Crippen LogP contribution >= 0.6 is 57.4 Å². The number of benzene rings is 3. The molecule has 8 rings (SSSR count). The summed E-state index contributed by atoms with van der Waals surface area (Å²) in [5.74, 6) is -7.98. The van der Waals surface area contributed by atoms with Gasteiger partial charge < -0.3 is 9.84 Å². The third kappa shape index (κ3) is 5.85. The molecule has 3 aromatic carbocycles. The Balaban J connectivity index is 1.33. The first-order chi connectivity index (χ1) is 26.6. The summed E-state index contributed by atoms with van der Waals surface area (Å²) in [6.07, 6.45) is -2.35. The van der Waals surface area contributed by atoms with E-state index >= 15 is 4.79 Å². The lowest BCUT2D eigenvalue weighted by Crippen LogP contribution is -2.53. The second-order valence-corrected chi connectivity index (χ2v) is 16.5. The molecule has 6 atom stereocenters. The van der Waals surface area contributed by atoms with Crippen molar-refractivity contribution in [2.75, 3.05) is 17.4 Å². The monoisotopic (exact) mass is 936 g/mol. The fourth-order valence-corrected chi connectivity index (χ4v) is 9.83. The van der Waals surface area contributed by atoms with Crippen molar-refractivity contribution in [3.05, 3.63) is 120 Å². The normalized spacial score (nSPS) is 25.9. The maximum absolute atomic E-state index is 15.4. The molecule has 6 unspecified atom stereocenters. The Hall–Kier alpha value is -4.38. The van der Waals surface area contributed by atoms with Crippen LogP contribution in [0.15, 0.2) is 84.6 Å². The van der Waals surface area contributed by atoms with Crippen molar-refractivity contribution in [1.82, 2.24) is 9.99 Å². The van der Waals surface area contributed by atoms with Gasteiger partial charge in [-0.25, -0.2) is 4.98 Å². The molecular formula is C39H27Cl3F3IN4O6. The smallest absolute Gasteiger partial charge is 0.417 e. The largest absolute Gasteiger partial charge is 0.503 e. The van der Waals surface area contributed by atoms with Gasteiger partial charge in [0.1, 0.15) is 0 Å². The summed E-state index contributed by atoms with van der Waals surface area (Å²) in [4.78, 5) is 63.8. The number of nitrogens with zero attached hydrogens (tertiary/aromatic N) is 3. The zero-order valence-electron chi connectivity index (χ0n) is 28.8. The molecule has 17 heteroatoms. The second-order valence-electron chi connectivity index (χ2n) is 14.0. The summed E-state index contributed by atoms with van der Waals surface area (Å²) >= 11 is 21.3. The minimum Gasteiger partial charge on any atom is -0.503 e. The average Bonchev–Trinajstić information content (AvgIpc) is 3.54. The van der Waals surface area contributed by atoms with Crippen LogP contribution in [0.5, 0.6) is 11.5 Å². The van der Waals surface area contributed by atoms with Crippen LogP contribution in [0.1, 0.15) is 35.4 Å². The molecule has 3 heterocycles. The predicted molar refractivity (Wildman–Crippen MR) is 208 cm³/mol. The molecule has 4 aliphatic rings. The van der Waals surface area contributed by atoms with Gasteiger partial charge in [-0.05, 0) is 107 Å². The van der Waals surface area contributed by atoms with Crippen molar-refractivity contribution in [2.45, 2.75) is 30.4 Å². The van der Waals surface area contributed by atoms with Crippen molar-refractivity contribution in [3.63, 3.8) is 0 Å². The lowest BCUT2D eigenvalue weighted by Gasteiger charge is -2.50. The van der Waals surface area contributed by atoms with Crippen LogP contribution in [0.25, 0.3) is 0 Å². The van der Waals surface area contributed by atoms with Crippen LogP contribution in [-0.4, -0.2) is 45.8 Å². The van der Waals surface area contributed by atoms with Crippen LogP contribution in [0, 0.1) is 27.2 Å². The highest BCUT2D eigenvalue weighted by molar-refractivity contribution is 14.1. The van der Waals surface area contributed by atoms with Gasteiger partial charge in [0.15, 0.2) is 17.3 Å². The first-order valence-corrected chi connectivity index (χ1v) is 19.3. The molecule has 2 saturated heterocycles. The van der Waals surface area contributed by atoms with Gasteiger partial charge in [0.05, 0.1) is 51.6 Å². The maximum atomic E-state index is 15.4. The van der Waals surface area contributed by atoms with E-state index in [9.17, 15) is 32.7 Å². The summed E-state index contributed by atoms with van der Waals surface area (Å²) < 4.78 is 46.9. The Morgan fingerprint density at radius 3 is 2.27 bits per heavy atom. The number of hydrogen-bond acceptors (Lipinski definition) is 8. The number of nitrogens with one attached hydrogen (secondary N) is 1. The standard InChI is InChI=1S/C39H27Cl3F3IN4O6/c1-56-29-13-17(12-27(41)32(29)51)31-23-10-11-24-30(36(54)49(34(24)52)22-8-6-21(46)7-9-22)25(23)15-26-35(53)50(37(55)38(26,31)18-2-4-20(40)5-3-18)48-33-28(42)14-19(16-47-33)39(43,44)45/h2-10,12-14,16,24-26,30-31,51H,11,15H2,1H3,(H,47,48). The summed E-state index contributed by atoms with van der Waals surface area (Å²) in [7, 11) is 1.32. The highest BCUT2D eigenvalue weighted by Gasteiger charge is 2.70. The SMILES string of the molecule is COc1cc(C2C3=CCC4C(=O)N(c5ccc(I)cc5)C(=O)C4C3CC3C(=O)N(Nc4ncc(C(F)(F)F)cc4Cl)C(=O)C32c2ccc(Cl)cc2)cc(Cl)c1O. The molecule has 56 heavy (non-hydrogen) atoms. The Morgan fingerprint density at radius 1 is 0.929 bits per heavy atom. The zero-order valence-corrected chi connectivity index (χ0v) is 33.2. The lowest BCUT2D eigenvalue weighted by molar-refractivity contribution is -0.139. The number of amides is 4. The van der Waals surface area contributed by atoms with Gasteiger partial charge in [-0.15, -0.1) is 0 Å². The van der Waals surface area contributed by atoms with Crippen LogP contribution in [0.2, 0.25) is 15.1 Å². The topological polar surface area (TPSA) is 129 Å². The van der Waals surface area contributed by atoms with Crippen molar-refractivity contribution < 1.29 is 42.2 Å². The van der Waals surface area contributed by atoms with E-state index in [1.54, 1.807) is 48.5 Å². The molecule has 2 N–H and O–H groups in total. The number of aromatic hydroxyl groups is 1. The van der Waals surface area contributed by atoms with Gasteiger partial charge in [0.25, 0.3) is 11.8 Å². The number of anilines is 2. The Bertz CT molecular complexity index is 2380. The fraction of sp³-hybridized carbons (Fsp3) is 0.256. The number of aromatic nitrogens is 1. The molecule has 1 aromatic heterocycles. The number of carbonyl (C=O) groups is 4. The number of pyridine rings is 1. The predicted octanol–water partition coefficient (Wildman–Crippen LogP) is 8.57. The summed E-state index contributed by atoms with van der Waals surface area (Å²) in [6.45, 7) is 0. The minimum absolute atomic E-state index is 0.0313. The number of ether oxygens (including phenoxy) is 1. The van der Waals surface area contributed by atoms with E-state index in [0.717, 1.165) is 3.57 Å². The van der Waals surface area contributed by atoms with Gasteiger partial charge in [-0.1, -0.05) is 58.6 Å². The van der Waals surface area contributed by atoms with Gasteiger partial charge in [0, 0.05) is 20.7 Å². The van der Waals surface area contributed by atoms with E-state index in [4.69, 9.17) is 39.5 Å². The van der Waals surface area contributed by atoms with Crippen molar-refractivity contribution >= 4 is 92.5 Å².